The van der Waals surface area contributed by atoms with Gasteiger partial charge in [0, 0.05) is 32.4 Å². The predicted molar refractivity (Wildman–Crippen MR) is 101 cm³/mol. The second-order valence-electron chi connectivity index (χ2n) is 7.69. The van der Waals surface area contributed by atoms with Crippen LogP contribution in [0.25, 0.3) is 0 Å². The Kier molecular flexibility index (Phi) is 5.58. The second-order valence-corrected chi connectivity index (χ2v) is 7.69. The number of hydrogen-bond donors (Lipinski definition) is 2. The lowest BCUT2D eigenvalue weighted by molar-refractivity contribution is 0.00705. The maximum atomic E-state index is 12.7. The van der Waals surface area contributed by atoms with Gasteiger partial charge < -0.3 is 20.3 Å². The van der Waals surface area contributed by atoms with E-state index in [1.54, 1.807) is 12.3 Å². The molecule has 1 fully saturated rings. The standard InChI is InChI=1S/C19H28N4O2/c1-7-19(5,6)22-15-14(17(24)25-18(2,3)4)8-9-21-16(15)23-12-10-20-11-13-23/h1,8-9,20,22H,10-13H2,2-6H3. The minimum atomic E-state index is -0.622. The van der Waals surface area contributed by atoms with E-state index in [2.05, 4.69) is 26.4 Å². The Morgan fingerprint density at radius 2 is 1.96 bits per heavy atom. The summed E-state index contributed by atoms with van der Waals surface area (Å²) in [6.07, 6.45) is 7.28. The molecule has 0 aromatic carbocycles. The molecule has 0 bridgehead atoms. The summed E-state index contributed by atoms with van der Waals surface area (Å²) in [5.74, 6) is 3.05. The number of hydrogen-bond acceptors (Lipinski definition) is 6. The topological polar surface area (TPSA) is 66.5 Å². The smallest absolute Gasteiger partial charge is 0.340 e. The van der Waals surface area contributed by atoms with Crippen LogP contribution in [0.15, 0.2) is 12.3 Å². The largest absolute Gasteiger partial charge is 0.456 e. The second kappa shape index (κ2) is 7.32. The van der Waals surface area contributed by atoms with E-state index >= 15 is 0 Å². The number of aromatic nitrogens is 1. The van der Waals surface area contributed by atoms with Gasteiger partial charge >= 0.3 is 5.97 Å². The number of nitrogens with one attached hydrogen (secondary N) is 2. The number of rotatable bonds is 4. The molecular weight excluding hydrogens is 316 g/mol. The molecule has 0 amide bonds. The Labute approximate surface area is 150 Å². The van der Waals surface area contributed by atoms with Crippen LogP contribution < -0.4 is 15.5 Å². The zero-order chi connectivity index (χ0) is 18.7. The van der Waals surface area contributed by atoms with Crippen molar-refractivity contribution in [1.82, 2.24) is 10.3 Å². The van der Waals surface area contributed by atoms with Gasteiger partial charge in [0.15, 0.2) is 5.82 Å². The lowest BCUT2D eigenvalue weighted by Crippen LogP contribution is -2.44. The van der Waals surface area contributed by atoms with Crippen molar-refractivity contribution in [2.75, 3.05) is 36.4 Å². The third-order valence-corrected chi connectivity index (χ3v) is 3.76. The van der Waals surface area contributed by atoms with Crippen LogP contribution in [0.1, 0.15) is 45.0 Å². The van der Waals surface area contributed by atoms with Gasteiger partial charge in [-0.3, -0.25) is 0 Å². The summed E-state index contributed by atoms with van der Waals surface area (Å²) >= 11 is 0. The van der Waals surface area contributed by atoms with Crippen molar-refractivity contribution in [2.24, 2.45) is 0 Å². The van der Waals surface area contributed by atoms with Crippen LogP contribution in [0, 0.1) is 12.3 Å². The molecule has 0 atom stereocenters. The Morgan fingerprint density at radius 1 is 1.32 bits per heavy atom. The molecule has 6 heteroatoms. The van der Waals surface area contributed by atoms with Crippen LogP contribution in [0.3, 0.4) is 0 Å². The van der Waals surface area contributed by atoms with Crippen molar-refractivity contribution in [2.45, 2.75) is 45.8 Å². The monoisotopic (exact) mass is 344 g/mol. The number of terminal acetylenes is 1. The SMILES string of the molecule is C#CC(C)(C)Nc1c(C(=O)OC(C)(C)C)ccnc1N1CCNCC1. The van der Waals surface area contributed by atoms with Crippen molar-refractivity contribution in [3.8, 4) is 12.3 Å². The van der Waals surface area contributed by atoms with Gasteiger partial charge in [-0.1, -0.05) is 5.92 Å². The third kappa shape index (κ3) is 5.10. The van der Waals surface area contributed by atoms with Crippen LogP contribution in [0.4, 0.5) is 11.5 Å². The van der Waals surface area contributed by atoms with Gasteiger partial charge in [-0.2, -0.15) is 0 Å². The highest BCUT2D eigenvalue weighted by molar-refractivity contribution is 5.99. The average molecular weight is 344 g/mol. The van der Waals surface area contributed by atoms with E-state index < -0.39 is 11.1 Å². The van der Waals surface area contributed by atoms with Crippen LogP contribution in [-0.4, -0.2) is 48.3 Å². The number of carbonyl (C=O) groups excluding carboxylic acids is 1. The molecule has 0 saturated carbocycles. The number of ether oxygens (including phenoxy) is 1. The molecule has 0 aliphatic carbocycles. The molecule has 1 aliphatic heterocycles. The zero-order valence-electron chi connectivity index (χ0n) is 15.8. The highest BCUT2D eigenvalue weighted by Crippen LogP contribution is 2.31. The van der Waals surface area contributed by atoms with Crippen molar-refractivity contribution in [3.63, 3.8) is 0 Å². The van der Waals surface area contributed by atoms with Gasteiger partial charge in [-0.25, -0.2) is 9.78 Å². The fourth-order valence-electron chi connectivity index (χ4n) is 2.54. The summed E-state index contributed by atoms with van der Waals surface area (Å²) < 4.78 is 5.57. The van der Waals surface area contributed by atoms with Gasteiger partial charge in [-0.15, -0.1) is 6.42 Å². The number of carbonyl (C=O) groups is 1. The molecule has 1 aromatic rings. The molecule has 136 valence electrons. The lowest BCUT2D eigenvalue weighted by atomic mass is 10.0. The summed E-state index contributed by atoms with van der Waals surface area (Å²) in [5.41, 5.74) is -0.125. The molecule has 2 N–H and O–H groups in total. The summed E-state index contributed by atoms with van der Waals surface area (Å²) in [6.45, 7) is 12.7. The molecule has 2 rings (SSSR count). The fraction of sp³-hybridized carbons (Fsp3) is 0.579. The Hall–Kier alpha value is -2.26. The first-order chi connectivity index (χ1) is 11.6. The molecular formula is C19H28N4O2. The predicted octanol–water partition coefficient (Wildman–Crippen LogP) is 2.27. The quantitative estimate of drug-likeness (QED) is 0.645. The first-order valence-electron chi connectivity index (χ1n) is 8.57. The first-order valence-corrected chi connectivity index (χ1v) is 8.57. The Bertz CT molecular complexity index is 665. The third-order valence-electron chi connectivity index (χ3n) is 3.76. The van der Waals surface area contributed by atoms with Crippen LogP contribution >= 0.6 is 0 Å². The lowest BCUT2D eigenvalue weighted by Gasteiger charge is -2.33. The number of esters is 1. The summed E-state index contributed by atoms with van der Waals surface area (Å²) in [5, 5.41) is 6.63. The maximum Gasteiger partial charge on any atom is 0.340 e. The molecule has 0 spiro atoms. The zero-order valence-corrected chi connectivity index (χ0v) is 15.8. The minimum absolute atomic E-state index is 0.387. The molecule has 2 heterocycles. The van der Waals surface area contributed by atoms with Crippen molar-refractivity contribution in [3.05, 3.63) is 17.8 Å². The molecule has 1 saturated heterocycles. The Morgan fingerprint density at radius 3 is 2.52 bits per heavy atom. The van der Waals surface area contributed by atoms with Gasteiger partial charge in [0.05, 0.1) is 16.8 Å². The molecule has 1 aromatic heterocycles. The molecule has 1 aliphatic rings. The maximum absolute atomic E-state index is 12.7. The van der Waals surface area contributed by atoms with Crippen LogP contribution in [0.5, 0.6) is 0 Å². The fourth-order valence-corrected chi connectivity index (χ4v) is 2.54. The first kappa shape index (κ1) is 19.1. The summed E-state index contributed by atoms with van der Waals surface area (Å²) in [7, 11) is 0. The number of piperazine rings is 1. The number of nitrogens with zero attached hydrogens (tertiary/aromatic N) is 2. The van der Waals surface area contributed by atoms with Crippen molar-refractivity contribution in [1.29, 1.82) is 0 Å². The molecule has 0 radical (unpaired) electrons. The minimum Gasteiger partial charge on any atom is -0.456 e. The van der Waals surface area contributed by atoms with E-state index in [0.29, 0.717) is 11.3 Å². The van der Waals surface area contributed by atoms with Crippen molar-refractivity contribution < 1.29 is 9.53 Å². The van der Waals surface area contributed by atoms with E-state index in [4.69, 9.17) is 11.2 Å². The van der Waals surface area contributed by atoms with Gasteiger partial charge in [0.2, 0.25) is 0 Å². The number of anilines is 2. The van der Waals surface area contributed by atoms with Crippen LogP contribution in [-0.2, 0) is 4.74 Å². The number of pyridine rings is 1. The summed E-state index contributed by atoms with van der Waals surface area (Å²) in [6, 6.07) is 1.68. The highest BCUT2D eigenvalue weighted by atomic mass is 16.6. The molecule has 0 unspecified atom stereocenters. The average Bonchev–Trinajstić information content (AvgIpc) is 2.54. The molecule has 6 nitrogen and oxygen atoms in total. The highest BCUT2D eigenvalue weighted by Gasteiger charge is 2.28. The van der Waals surface area contributed by atoms with E-state index in [9.17, 15) is 4.79 Å². The van der Waals surface area contributed by atoms with Gasteiger partial charge in [0.1, 0.15) is 5.60 Å². The van der Waals surface area contributed by atoms with Crippen molar-refractivity contribution >= 4 is 17.5 Å². The van der Waals surface area contributed by atoms with Gasteiger partial charge in [0.25, 0.3) is 0 Å². The van der Waals surface area contributed by atoms with E-state index in [0.717, 1.165) is 32.0 Å². The molecule has 25 heavy (non-hydrogen) atoms. The normalized spacial score (nSPS) is 15.4. The Balaban J connectivity index is 2.47. The summed E-state index contributed by atoms with van der Waals surface area (Å²) in [4.78, 5) is 19.4. The van der Waals surface area contributed by atoms with E-state index in [-0.39, 0.29) is 5.97 Å². The van der Waals surface area contributed by atoms with Crippen LogP contribution in [0.2, 0.25) is 0 Å². The van der Waals surface area contributed by atoms with E-state index in [1.165, 1.54) is 0 Å². The van der Waals surface area contributed by atoms with E-state index in [1.807, 2.05) is 34.6 Å². The van der Waals surface area contributed by atoms with Gasteiger partial charge in [-0.05, 0) is 40.7 Å².